The predicted molar refractivity (Wildman–Crippen MR) is 55.1 cm³/mol. The summed E-state index contributed by atoms with van der Waals surface area (Å²) in [6.07, 6.45) is 2.39. The van der Waals surface area contributed by atoms with E-state index in [4.69, 9.17) is 15.3 Å². The second-order valence-corrected chi connectivity index (χ2v) is 3.42. The third kappa shape index (κ3) is 3.25. The minimum atomic E-state index is 0.0341. The van der Waals surface area contributed by atoms with Crippen molar-refractivity contribution in [2.24, 2.45) is 10.8 Å². The average molecular weight is 201 g/mol. The van der Waals surface area contributed by atoms with Crippen molar-refractivity contribution in [2.75, 3.05) is 20.3 Å². The lowest BCUT2D eigenvalue weighted by Gasteiger charge is -2.13. The highest BCUT2D eigenvalue weighted by molar-refractivity contribution is 5.86. The highest BCUT2D eigenvalue weighted by Crippen LogP contribution is 2.19. The van der Waals surface area contributed by atoms with Gasteiger partial charge in [-0.3, -0.25) is 4.99 Å². The van der Waals surface area contributed by atoms with E-state index < -0.39 is 0 Å². The molecule has 0 amide bonds. The topological polar surface area (TPSA) is 68.9 Å². The van der Waals surface area contributed by atoms with Crippen LogP contribution in [-0.4, -0.2) is 38.3 Å². The number of ether oxygens (including phenoxy) is 2. The lowest BCUT2D eigenvalue weighted by molar-refractivity contribution is 0.0914. The van der Waals surface area contributed by atoms with Crippen LogP contribution in [0.4, 0.5) is 0 Å². The molecule has 1 heterocycles. The van der Waals surface area contributed by atoms with Gasteiger partial charge in [-0.25, -0.2) is 5.84 Å². The van der Waals surface area contributed by atoms with Crippen molar-refractivity contribution in [1.82, 2.24) is 5.43 Å². The van der Waals surface area contributed by atoms with Gasteiger partial charge < -0.3 is 14.9 Å². The first-order chi connectivity index (χ1) is 6.77. The number of rotatable bonds is 4. The SMILES string of the molecule is COCCN=C(NN)C1CCC(C)O1. The molecule has 1 saturated heterocycles. The second-order valence-electron chi connectivity index (χ2n) is 3.42. The fourth-order valence-electron chi connectivity index (χ4n) is 1.50. The molecular weight excluding hydrogens is 182 g/mol. The molecule has 1 fully saturated rings. The lowest BCUT2D eigenvalue weighted by Crippen LogP contribution is -2.39. The molecule has 3 N–H and O–H groups in total. The number of methoxy groups -OCH3 is 1. The first kappa shape index (κ1) is 11.4. The number of nitrogens with zero attached hydrogens (tertiary/aromatic N) is 1. The first-order valence-electron chi connectivity index (χ1n) is 4.93. The van der Waals surface area contributed by atoms with Gasteiger partial charge >= 0.3 is 0 Å². The number of hydrazine groups is 1. The summed E-state index contributed by atoms with van der Waals surface area (Å²) in [5.41, 5.74) is 2.59. The van der Waals surface area contributed by atoms with Gasteiger partial charge in [0.1, 0.15) is 11.9 Å². The fraction of sp³-hybridized carbons (Fsp3) is 0.889. The Morgan fingerprint density at radius 3 is 2.93 bits per heavy atom. The zero-order valence-corrected chi connectivity index (χ0v) is 8.82. The maximum atomic E-state index is 5.63. The van der Waals surface area contributed by atoms with Gasteiger partial charge in [0.15, 0.2) is 0 Å². The third-order valence-corrected chi connectivity index (χ3v) is 2.26. The molecule has 0 aromatic rings. The van der Waals surface area contributed by atoms with Crippen LogP contribution in [0.5, 0.6) is 0 Å². The number of hydrogen-bond donors (Lipinski definition) is 2. The summed E-state index contributed by atoms with van der Waals surface area (Å²) >= 11 is 0. The molecule has 0 saturated carbocycles. The van der Waals surface area contributed by atoms with Gasteiger partial charge in [0, 0.05) is 7.11 Å². The van der Waals surface area contributed by atoms with Crippen LogP contribution in [0.2, 0.25) is 0 Å². The van der Waals surface area contributed by atoms with Crippen molar-refractivity contribution in [3.8, 4) is 0 Å². The van der Waals surface area contributed by atoms with Crippen LogP contribution in [0.1, 0.15) is 19.8 Å². The van der Waals surface area contributed by atoms with Gasteiger partial charge in [0.25, 0.3) is 0 Å². The smallest absolute Gasteiger partial charge is 0.140 e. The normalized spacial score (nSPS) is 28.1. The van der Waals surface area contributed by atoms with Gasteiger partial charge in [-0.05, 0) is 19.8 Å². The summed E-state index contributed by atoms with van der Waals surface area (Å²) in [4.78, 5) is 4.28. The molecule has 0 spiro atoms. The summed E-state index contributed by atoms with van der Waals surface area (Å²) < 4.78 is 10.5. The quantitative estimate of drug-likeness (QED) is 0.222. The maximum absolute atomic E-state index is 5.63. The molecule has 0 aromatic heterocycles. The Kier molecular flexibility index (Phi) is 4.86. The van der Waals surface area contributed by atoms with E-state index in [-0.39, 0.29) is 6.10 Å². The fourth-order valence-corrected chi connectivity index (χ4v) is 1.50. The minimum Gasteiger partial charge on any atom is -0.383 e. The van der Waals surface area contributed by atoms with E-state index in [1.165, 1.54) is 0 Å². The molecule has 0 radical (unpaired) electrons. The van der Waals surface area contributed by atoms with E-state index in [0.717, 1.165) is 18.7 Å². The van der Waals surface area contributed by atoms with Crippen LogP contribution in [-0.2, 0) is 9.47 Å². The molecule has 0 aliphatic carbocycles. The summed E-state index contributed by atoms with van der Waals surface area (Å²) in [6.45, 7) is 3.28. The van der Waals surface area contributed by atoms with E-state index in [2.05, 4.69) is 17.3 Å². The van der Waals surface area contributed by atoms with Gasteiger partial charge in [-0.1, -0.05) is 0 Å². The molecule has 0 bridgehead atoms. The van der Waals surface area contributed by atoms with Crippen LogP contribution in [0.25, 0.3) is 0 Å². The zero-order chi connectivity index (χ0) is 10.4. The average Bonchev–Trinajstić information content (AvgIpc) is 2.60. The van der Waals surface area contributed by atoms with Gasteiger partial charge in [-0.2, -0.15) is 0 Å². The molecule has 2 unspecified atom stereocenters. The Bertz CT molecular complexity index is 196. The summed E-state index contributed by atoms with van der Waals surface area (Å²) in [6, 6.07) is 0. The first-order valence-corrected chi connectivity index (χ1v) is 4.93. The molecule has 1 rings (SSSR count). The standard InChI is InChI=1S/C9H19N3O2/c1-7-3-4-8(14-7)9(12-10)11-5-6-13-2/h7-8H,3-6,10H2,1-2H3,(H,11,12). The number of hydrogen-bond acceptors (Lipinski definition) is 4. The maximum Gasteiger partial charge on any atom is 0.140 e. The highest BCUT2D eigenvalue weighted by Gasteiger charge is 2.25. The molecule has 14 heavy (non-hydrogen) atoms. The molecule has 1 aliphatic rings. The van der Waals surface area contributed by atoms with Crippen molar-refractivity contribution in [1.29, 1.82) is 0 Å². The van der Waals surface area contributed by atoms with Crippen molar-refractivity contribution in [2.45, 2.75) is 32.0 Å². The number of nitrogens with two attached hydrogens (primary N) is 1. The summed E-state index contributed by atoms with van der Waals surface area (Å²) in [5.74, 6) is 6.11. The summed E-state index contributed by atoms with van der Waals surface area (Å²) in [7, 11) is 1.65. The van der Waals surface area contributed by atoms with Crippen LogP contribution in [0.3, 0.4) is 0 Å². The molecule has 1 aliphatic heterocycles. The summed E-state index contributed by atoms with van der Waals surface area (Å²) in [5, 5.41) is 0. The molecule has 0 aromatic carbocycles. The molecule has 5 nitrogen and oxygen atoms in total. The van der Waals surface area contributed by atoms with E-state index in [9.17, 15) is 0 Å². The Morgan fingerprint density at radius 1 is 1.64 bits per heavy atom. The van der Waals surface area contributed by atoms with Crippen molar-refractivity contribution in [3.63, 3.8) is 0 Å². The Morgan fingerprint density at radius 2 is 2.43 bits per heavy atom. The van der Waals surface area contributed by atoms with Crippen LogP contribution in [0.15, 0.2) is 4.99 Å². The third-order valence-electron chi connectivity index (χ3n) is 2.26. The largest absolute Gasteiger partial charge is 0.383 e. The van der Waals surface area contributed by atoms with Crippen molar-refractivity contribution < 1.29 is 9.47 Å². The minimum absolute atomic E-state index is 0.0341. The molecule has 5 heteroatoms. The van der Waals surface area contributed by atoms with Crippen LogP contribution < -0.4 is 11.3 Å². The van der Waals surface area contributed by atoms with Gasteiger partial charge in [-0.15, -0.1) is 0 Å². The van der Waals surface area contributed by atoms with Crippen LogP contribution in [0, 0.1) is 0 Å². The van der Waals surface area contributed by atoms with E-state index >= 15 is 0 Å². The molecule has 2 atom stereocenters. The van der Waals surface area contributed by atoms with Gasteiger partial charge in [0.05, 0.1) is 19.3 Å². The Balaban J connectivity index is 2.40. The highest BCUT2D eigenvalue weighted by atomic mass is 16.5. The van der Waals surface area contributed by atoms with E-state index in [0.29, 0.717) is 19.3 Å². The van der Waals surface area contributed by atoms with Crippen molar-refractivity contribution in [3.05, 3.63) is 0 Å². The monoisotopic (exact) mass is 201 g/mol. The lowest BCUT2D eigenvalue weighted by atomic mass is 10.2. The number of aliphatic imine (C=N–C) groups is 1. The number of nitrogens with one attached hydrogen (secondary N) is 1. The van der Waals surface area contributed by atoms with E-state index in [1.54, 1.807) is 7.11 Å². The van der Waals surface area contributed by atoms with Crippen LogP contribution >= 0.6 is 0 Å². The van der Waals surface area contributed by atoms with Crippen molar-refractivity contribution >= 4 is 5.84 Å². The zero-order valence-electron chi connectivity index (χ0n) is 8.82. The molecule has 82 valence electrons. The van der Waals surface area contributed by atoms with E-state index in [1.807, 2.05) is 0 Å². The second kappa shape index (κ2) is 5.95. The van der Waals surface area contributed by atoms with Gasteiger partial charge in [0.2, 0.25) is 0 Å². The number of amidine groups is 1. The Hall–Kier alpha value is -0.650. The molecular formula is C9H19N3O2. The Labute approximate surface area is 84.6 Å². The predicted octanol–water partition coefficient (Wildman–Crippen LogP) is 0.0621.